The first-order chi connectivity index (χ1) is 11.8. The van der Waals surface area contributed by atoms with Crippen LogP contribution in [-0.4, -0.2) is 50.8 Å². The monoisotopic (exact) mass is 352 g/mol. The predicted octanol–water partition coefficient (Wildman–Crippen LogP) is 2.94. The van der Waals surface area contributed by atoms with Crippen molar-refractivity contribution in [2.75, 3.05) is 40.0 Å². The smallest absolute Gasteiger partial charge is 0.253 e. The number of rotatable bonds is 10. The van der Waals surface area contributed by atoms with Gasteiger partial charge in [0, 0.05) is 19.2 Å². The van der Waals surface area contributed by atoms with E-state index in [1.165, 1.54) is 0 Å². The highest BCUT2D eigenvalue weighted by Crippen LogP contribution is 2.39. The normalized spacial score (nSPS) is 11.2. The van der Waals surface area contributed by atoms with E-state index in [1.807, 2.05) is 34.6 Å². The van der Waals surface area contributed by atoms with Crippen molar-refractivity contribution in [2.24, 2.45) is 11.1 Å². The second kappa shape index (κ2) is 9.51. The highest BCUT2D eigenvalue weighted by molar-refractivity contribution is 5.95. The van der Waals surface area contributed by atoms with E-state index in [0.717, 1.165) is 0 Å². The third-order valence-corrected chi connectivity index (χ3v) is 3.72. The molecule has 0 heterocycles. The first kappa shape index (κ1) is 21.1. The first-order valence-corrected chi connectivity index (χ1v) is 8.81. The topological polar surface area (TPSA) is 74.0 Å². The van der Waals surface area contributed by atoms with Crippen LogP contribution in [0.2, 0.25) is 0 Å². The number of carbonyl (C=O) groups is 1. The summed E-state index contributed by atoms with van der Waals surface area (Å²) in [6.07, 6.45) is 0. The summed E-state index contributed by atoms with van der Waals surface area (Å²) < 4.78 is 17.0. The van der Waals surface area contributed by atoms with Crippen molar-refractivity contribution in [3.05, 3.63) is 17.7 Å². The van der Waals surface area contributed by atoms with Crippen LogP contribution in [-0.2, 0) is 0 Å². The number of hydrogen-bond donors (Lipinski definition) is 1. The van der Waals surface area contributed by atoms with E-state index in [0.29, 0.717) is 55.7 Å². The second-order valence-corrected chi connectivity index (χ2v) is 6.63. The summed E-state index contributed by atoms with van der Waals surface area (Å²) in [5, 5.41) is 0. The highest BCUT2D eigenvalue weighted by atomic mass is 16.5. The molecule has 1 rings (SSSR count). The quantitative estimate of drug-likeness (QED) is 0.701. The Bertz CT molecular complexity index is 546. The third kappa shape index (κ3) is 5.81. The molecule has 142 valence electrons. The van der Waals surface area contributed by atoms with Crippen molar-refractivity contribution in [1.82, 2.24) is 4.90 Å². The number of ether oxygens (including phenoxy) is 3. The molecule has 6 nitrogen and oxygen atoms in total. The molecule has 6 heteroatoms. The van der Waals surface area contributed by atoms with Gasteiger partial charge < -0.3 is 24.8 Å². The average molecular weight is 352 g/mol. The Balaban J connectivity index is 3.23. The number of amides is 1. The maximum absolute atomic E-state index is 12.9. The van der Waals surface area contributed by atoms with E-state index in [9.17, 15) is 4.79 Å². The zero-order valence-electron chi connectivity index (χ0n) is 16.3. The third-order valence-electron chi connectivity index (χ3n) is 3.72. The molecule has 0 radical (unpaired) electrons. The molecule has 0 aliphatic heterocycles. The number of hydrogen-bond acceptors (Lipinski definition) is 5. The molecule has 1 aromatic carbocycles. The van der Waals surface area contributed by atoms with Crippen molar-refractivity contribution in [3.8, 4) is 17.2 Å². The van der Waals surface area contributed by atoms with Gasteiger partial charge in [-0.3, -0.25) is 4.79 Å². The molecule has 0 atom stereocenters. The maximum atomic E-state index is 12.9. The largest absolute Gasteiger partial charge is 0.490 e. The summed E-state index contributed by atoms with van der Waals surface area (Å²) in [6.45, 7) is 12.2. The van der Waals surface area contributed by atoms with E-state index in [2.05, 4.69) is 0 Å². The second-order valence-electron chi connectivity index (χ2n) is 6.63. The van der Waals surface area contributed by atoms with Gasteiger partial charge in [0.1, 0.15) is 0 Å². The molecule has 2 N–H and O–H groups in total. The van der Waals surface area contributed by atoms with Crippen molar-refractivity contribution in [2.45, 2.75) is 34.6 Å². The molecule has 0 aromatic heterocycles. The zero-order chi connectivity index (χ0) is 19.0. The van der Waals surface area contributed by atoms with E-state index in [1.54, 1.807) is 24.1 Å². The fourth-order valence-electron chi connectivity index (χ4n) is 2.51. The van der Waals surface area contributed by atoms with Gasteiger partial charge in [0.2, 0.25) is 5.75 Å². The Labute approximate surface area is 151 Å². The molecule has 0 spiro atoms. The molecule has 0 aliphatic carbocycles. The molecule has 1 aromatic rings. The maximum Gasteiger partial charge on any atom is 0.253 e. The molecular weight excluding hydrogens is 320 g/mol. The lowest BCUT2D eigenvalue weighted by molar-refractivity contribution is 0.0739. The van der Waals surface area contributed by atoms with Gasteiger partial charge in [-0.05, 0) is 44.9 Å². The van der Waals surface area contributed by atoms with Crippen LogP contribution in [0.25, 0.3) is 0 Å². The van der Waals surface area contributed by atoms with Crippen LogP contribution in [0, 0.1) is 5.41 Å². The molecule has 0 bridgehead atoms. The number of carbonyl (C=O) groups excluding carboxylic acids is 1. The minimum Gasteiger partial charge on any atom is -0.490 e. The summed E-state index contributed by atoms with van der Waals surface area (Å²) in [7, 11) is 1.77. The van der Waals surface area contributed by atoms with Crippen molar-refractivity contribution in [1.29, 1.82) is 0 Å². The van der Waals surface area contributed by atoms with Crippen LogP contribution in [0.15, 0.2) is 12.1 Å². The van der Waals surface area contributed by atoms with Crippen LogP contribution in [0.1, 0.15) is 45.0 Å². The fourth-order valence-corrected chi connectivity index (χ4v) is 2.51. The Morgan fingerprint density at radius 1 is 1.04 bits per heavy atom. The minimum absolute atomic E-state index is 0.105. The summed E-state index contributed by atoms with van der Waals surface area (Å²) in [5.41, 5.74) is 6.13. The van der Waals surface area contributed by atoms with Crippen LogP contribution < -0.4 is 19.9 Å². The lowest BCUT2D eigenvalue weighted by Gasteiger charge is -2.29. The van der Waals surface area contributed by atoms with Crippen LogP contribution in [0.3, 0.4) is 0 Å². The van der Waals surface area contributed by atoms with Crippen LogP contribution in [0.4, 0.5) is 0 Å². The summed E-state index contributed by atoms with van der Waals surface area (Å²) in [5.74, 6) is 1.47. The molecule has 0 unspecified atom stereocenters. The summed E-state index contributed by atoms with van der Waals surface area (Å²) in [4.78, 5) is 14.5. The van der Waals surface area contributed by atoms with Crippen LogP contribution >= 0.6 is 0 Å². The Morgan fingerprint density at radius 2 is 1.52 bits per heavy atom. The predicted molar refractivity (Wildman–Crippen MR) is 99.7 cm³/mol. The Morgan fingerprint density at radius 3 is 1.92 bits per heavy atom. The molecule has 1 amide bonds. The van der Waals surface area contributed by atoms with Gasteiger partial charge in [0.25, 0.3) is 5.91 Å². The molecule has 0 saturated carbocycles. The molecular formula is C19H32N2O4. The van der Waals surface area contributed by atoms with Gasteiger partial charge in [-0.2, -0.15) is 0 Å². The standard InChI is InChI=1S/C19H32N2O4/c1-7-23-15-10-14(11-16(24-8-2)17(15)25-9-3)18(22)21(6)13-19(4,5)12-20/h10-11H,7-9,12-13,20H2,1-6H3. The van der Waals surface area contributed by atoms with E-state index in [-0.39, 0.29) is 11.3 Å². The fraction of sp³-hybridized carbons (Fsp3) is 0.632. The van der Waals surface area contributed by atoms with Gasteiger partial charge in [0.15, 0.2) is 11.5 Å². The van der Waals surface area contributed by atoms with Crippen molar-refractivity contribution in [3.63, 3.8) is 0 Å². The van der Waals surface area contributed by atoms with Crippen molar-refractivity contribution >= 4 is 5.91 Å². The number of nitrogens with two attached hydrogens (primary N) is 1. The van der Waals surface area contributed by atoms with E-state index < -0.39 is 0 Å². The van der Waals surface area contributed by atoms with Gasteiger partial charge in [0.05, 0.1) is 19.8 Å². The van der Waals surface area contributed by atoms with Crippen LogP contribution in [0.5, 0.6) is 17.2 Å². The van der Waals surface area contributed by atoms with Gasteiger partial charge in [-0.25, -0.2) is 0 Å². The first-order valence-electron chi connectivity index (χ1n) is 8.81. The van der Waals surface area contributed by atoms with Gasteiger partial charge in [-0.15, -0.1) is 0 Å². The molecule has 0 fully saturated rings. The highest BCUT2D eigenvalue weighted by Gasteiger charge is 2.24. The Hall–Kier alpha value is -1.95. The van der Waals surface area contributed by atoms with E-state index >= 15 is 0 Å². The zero-order valence-corrected chi connectivity index (χ0v) is 16.3. The molecule has 0 aliphatic rings. The Kier molecular flexibility index (Phi) is 8.03. The average Bonchev–Trinajstić information content (AvgIpc) is 2.56. The van der Waals surface area contributed by atoms with Gasteiger partial charge >= 0.3 is 0 Å². The number of benzene rings is 1. The number of nitrogens with zero attached hydrogens (tertiary/aromatic N) is 1. The lowest BCUT2D eigenvalue weighted by atomic mass is 9.93. The lowest BCUT2D eigenvalue weighted by Crippen LogP contribution is -2.39. The van der Waals surface area contributed by atoms with Gasteiger partial charge in [-0.1, -0.05) is 13.8 Å². The molecule has 25 heavy (non-hydrogen) atoms. The van der Waals surface area contributed by atoms with Crippen molar-refractivity contribution < 1.29 is 19.0 Å². The summed E-state index contributed by atoms with van der Waals surface area (Å²) in [6, 6.07) is 3.43. The SMILES string of the molecule is CCOc1cc(C(=O)N(C)CC(C)(C)CN)cc(OCC)c1OCC. The van der Waals surface area contributed by atoms with E-state index in [4.69, 9.17) is 19.9 Å². The summed E-state index contributed by atoms with van der Waals surface area (Å²) >= 11 is 0. The minimum atomic E-state index is -0.152. The molecule has 0 saturated heterocycles.